The van der Waals surface area contributed by atoms with Gasteiger partial charge in [-0.2, -0.15) is 0 Å². The van der Waals surface area contributed by atoms with Crippen LogP contribution < -0.4 is 10.2 Å². The average Bonchev–Trinajstić information content (AvgIpc) is 3.01. The molecule has 0 aromatic heterocycles. The molecule has 0 saturated carbocycles. The Morgan fingerprint density at radius 1 is 1.08 bits per heavy atom. The van der Waals surface area contributed by atoms with E-state index in [0.29, 0.717) is 12.1 Å². The van der Waals surface area contributed by atoms with Gasteiger partial charge in [-0.05, 0) is 23.8 Å². The number of nitrogens with zero attached hydrogens (tertiary/aromatic N) is 1. The highest BCUT2D eigenvalue weighted by Gasteiger charge is 2.37. The molecule has 0 bridgehead atoms. The van der Waals surface area contributed by atoms with Gasteiger partial charge >= 0.3 is 5.97 Å². The number of anilines is 2. The molecule has 2 aromatic carbocycles. The van der Waals surface area contributed by atoms with Crippen LogP contribution in [0.1, 0.15) is 22.8 Å². The van der Waals surface area contributed by atoms with Crippen LogP contribution in [-0.4, -0.2) is 30.9 Å². The zero-order valence-corrected chi connectivity index (χ0v) is 14.0. The molecule has 0 fully saturated rings. The summed E-state index contributed by atoms with van der Waals surface area (Å²) in [5, 5.41) is 2.75. The van der Waals surface area contributed by atoms with Gasteiger partial charge in [-0.1, -0.05) is 30.3 Å². The summed E-state index contributed by atoms with van der Waals surface area (Å²) < 4.78 is 4.74. The minimum atomic E-state index is -0.652. The van der Waals surface area contributed by atoms with Gasteiger partial charge in [0, 0.05) is 19.0 Å². The third-order valence-corrected chi connectivity index (χ3v) is 4.21. The average molecular weight is 338 g/mol. The standard InChI is InChI=1S/C19H18N2O4/c1-12(22)21-16-10-6-3-7-13(16)11-17(21)18(23)20-15-9-5-4-8-14(15)19(24)25-2/h3-10,17H,11H2,1-2H3,(H,20,23)/t17-/m1/s1. The Kier molecular flexibility index (Phi) is 4.52. The van der Waals surface area contributed by atoms with Crippen LogP contribution in [0, 0.1) is 0 Å². The maximum absolute atomic E-state index is 12.8. The van der Waals surface area contributed by atoms with E-state index in [4.69, 9.17) is 4.74 Å². The molecule has 3 rings (SSSR count). The van der Waals surface area contributed by atoms with Crippen molar-refractivity contribution in [2.45, 2.75) is 19.4 Å². The minimum Gasteiger partial charge on any atom is -0.465 e. The van der Waals surface area contributed by atoms with E-state index in [0.717, 1.165) is 11.3 Å². The van der Waals surface area contributed by atoms with Gasteiger partial charge in [-0.15, -0.1) is 0 Å². The van der Waals surface area contributed by atoms with E-state index >= 15 is 0 Å². The monoisotopic (exact) mass is 338 g/mol. The molecular formula is C19H18N2O4. The van der Waals surface area contributed by atoms with Gasteiger partial charge in [0.2, 0.25) is 11.8 Å². The highest BCUT2D eigenvalue weighted by Crippen LogP contribution is 2.32. The summed E-state index contributed by atoms with van der Waals surface area (Å²) in [7, 11) is 1.28. The number of carbonyl (C=O) groups is 3. The van der Waals surface area contributed by atoms with Crippen LogP contribution in [0.25, 0.3) is 0 Å². The van der Waals surface area contributed by atoms with E-state index in [1.54, 1.807) is 24.3 Å². The maximum Gasteiger partial charge on any atom is 0.339 e. The van der Waals surface area contributed by atoms with Gasteiger partial charge in [0.15, 0.2) is 0 Å². The number of amides is 2. The fourth-order valence-electron chi connectivity index (χ4n) is 3.08. The van der Waals surface area contributed by atoms with Crippen LogP contribution in [0.2, 0.25) is 0 Å². The Bertz CT molecular complexity index is 847. The van der Waals surface area contributed by atoms with E-state index in [1.165, 1.54) is 18.9 Å². The summed E-state index contributed by atoms with van der Waals surface area (Å²) in [5.74, 6) is -1.08. The van der Waals surface area contributed by atoms with E-state index in [9.17, 15) is 14.4 Å². The van der Waals surface area contributed by atoms with Crippen molar-refractivity contribution in [1.82, 2.24) is 0 Å². The van der Waals surface area contributed by atoms with Crippen molar-refractivity contribution < 1.29 is 19.1 Å². The molecule has 1 N–H and O–H groups in total. The van der Waals surface area contributed by atoms with Crippen LogP contribution >= 0.6 is 0 Å². The Balaban J connectivity index is 1.88. The lowest BCUT2D eigenvalue weighted by Gasteiger charge is -2.23. The first-order valence-corrected chi connectivity index (χ1v) is 7.89. The van der Waals surface area contributed by atoms with Gasteiger partial charge in [0.05, 0.1) is 18.4 Å². The highest BCUT2D eigenvalue weighted by atomic mass is 16.5. The van der Waals surface area contributed by atoms with E-state index < -0.39 is 12.0 Å². The largest absolute Gasteiger partial charge is 0.465 e. The summed E-state index contributed by atoms with van der Waals surface area (Å²) in [5.41, 5.74) is 2.32. The molecule has 6 nitrogen and oxygen atoms in total. The maximum atomic E-state index is 12.8. The molecule has 2 amide bonds. The van der Waals surface area contributed by atoms with Crippen molar-refractivity contribution in [3.8, 4) is 0 Å². The van der Waals surface area contributed by atoms with Gasteiger partial charge in [-0.25, -0.2) is 4.79 Å². The fourth-order valence-corrected chi connectivity index (χ4v) is 3.08. The van der Waals surface area contributed by atoms with Crippen molar-refractivity contribution in [3.63, 3.8) is 0 Å². The van der Waals surface area contributed by atoms with Crippen LogP contribution in [0.3, 0.4) is 0 Å². The number of benzene rings is 2. The van der Waals surface area contributed by atoms with Crippen molar-refractivity contribution in [1.29, 1.82) is 0 Å². The second kappa shape index (κ2) is 6.76. The summed E-state index contributed by atoms with van der Waals surface area (Å²) in [6.07, 6.45) is 0.433. The lowest BCUT2D eigenvalue weighted by atomic mass is 10.1. The quantitative estimate of drug-likeness (QED) is 0.872. The number of para-hydroxylation sites is 2. The van der Waals surface area contributed by atoms with Crippen LogP contribution in [-0.2, 0) is 20.7 Å². The number of carbonyl (C=O) groups excluding carboxylic acids is 3. The first kappa shape index (κ1) is 16.7. The number of ether oxygens (including phenoxy) is 1. The Morgan fingerprint density at radius 3 is 2.48 bits per heavy atom. The number of esters is 1. The van der Waals surface area contributed by atoms with Crippen LogP contribution in [0.5, 0.6) is 0 Å². The molecule has 2 aromatic rings. The predicted molar refractivity (Wildman–Crippen MR) is 93.5 cm³/mol. The van der Waals surface area contributed by atoms with Crippen LogP contribution in [0.4, 0.5) is 11.4 Å². The molecule has 128 valence electrons. The fraction of sp³-hybridized carbons (Fsp3) is 0.211. The zero-order valence-electron chi connectivity index (χ0n) is 14.0. The lowest BCUT2D eigenvalue weighted by molar-refractivity contribution is -0.122. The number of hydrogen-bond acceptors (Lipinski definition) is 4. The second-order valence-corrected chi connectivity index (χ2v) is 5.76. The van der Waals surface area contributed by atoms with Crippen molar-refractivity contribution in [2.75, 3.05) is 17.3 Å². The zero-order chi connectivity index (χ0) is 18.0. The highest BCUT2D eigenvalue weighted by molar-refractivity contribution is 6.08. The minimum absolute atomic E-state index is 0.202. The molecule has 1 aliphatic heterocycles. The van der Waals surface area contributed by atoms with E-state index in [1.807, 2.05) is 24.3 Å². The smallest absolute Gasteiger partial charge is 0.339 e. The van der Waals surface area contributed by atoms with Gasteiger partial charge in [0.25, 0.3) is 0 Å². The molecule has 0 spiro atoms. The Labute approximate surface area is 145 Å². The first-order valence-electron chi connectivity index (χ1n) is 7.89. The number of fused-ring (bicyclic) bond motifs is 1. The number of methoxy groups -OCH3 is 1. The molecule has 0 radical (unpaired) electrons. The molecule has 0 aliphatic carbocycles. The number of hydrogen-bond donors (Lipinski definition) is 1. The van der Waals surface area contributed by atoms with Gasteiger partial charge < -0.3 is 10.1 Å². The Hall–Kier alpha value is -3.15. The van der Waals surface area contributed by atoms with E-state index in [2.05, 4.69) is 5.32 Å². The van der Waals surface area contributed by atoms with E-state index in [-0.39, 0.29) is 17.4 Å². The molecular weight excluding hydrogens is 320 g/mol. The Morgan fingerprint density at radius 2 is 1.76 bits per heavy atom. The summed E-state index contributed by atoms with van der Waals surface area (Å²) in [6.45, 7) is 1.44. The molecule has 25 heavy (non-hydrogen) atoms. The number of nitrogens with one attached hydrogen (secondary N) is 1. The van der Waals surface area contributed by atoms with Crippen molar-refractivity contribution >= 4 is 29.2 Å². The topological polar surface area (TPSA) is 75.7 Å². The van der Waals surface area contributed by atoms with Crippen molar-refractivity contribution in [3.05, 3.63) is 59.7 Å². The van der Waals surface area contributed by atoms with Crippen LogP contribution in [0.15, 0.2) is 48.5 Å². The summed E-state index contributed by atoms with van der Waals surface area (Å²) >= 11 is 0. The molecule has 0 unspecified atom stereocenters. The van der Waals surface area contributed by atoms with Gasteiger partial charge in [-0.3, -0.25) is 14.5 Å². The molecule has 6 heteroatoms. The van der Waals surface area contributed by atoms with Crippen molar-refractivity contribution in [2.24, 2.45) is 0 Å². The summed E-state index contributed by atoms with van der Waals surface area (Å²) in [4.78, 5) is 38.2. The second-order valence-electron chi connectivity index (χ2n) is 5.76. The molecule has 1 atom stereocenters. The molecule has 1 heterocycles. The third-order valence-electron chi connectivity index (χ3n) is 4.21. The van der Waals surface area contributed by atoms with Gasteiger partial charge in [0.1, 0.15) is 6.04 Å². The SMILES string of the molecule is COC(=O)c1ccccc1NC(=O)[C@H]1Cc2ccccc2N1C(C)=O. The molecule has 1 aliphatic rings. The molecule has 0 saturated heterocycles. The predicted octanol–water partition coefficient (Wildman–Crippen LogP) is 2.39. The third kappa shape index (κ3) is 3.10. The number of rotatable bonds is 3. The first-order chi connectivity index (χ1) is 12.0. The summed E-state index contributed by atoms with van der Waals surface area (Å²) in [6, 6.07) is 13.4. The lowest BCUT2D eigenvalue weighted by Crippen LogP contribution is -2.44. The normalized spacial score (nSPS) is 15.4.